The number of hydrogen-bond donors (Lipinski definition) is 0. The Kier molecular flexibility index (Phi) is 6.82. The normalized spacial score (nSPS) is 19.0. The number of anilines is 2. The maximum atomic E-state index is 6.66. The molecule has 1 aliphatic heterocycles. The lowest BCUT2D eigenvalue weighted by atomic mass is 9.61. The van der Waals surface area contributed by atoms with Crippen LogP contribution in [0.15, 0.2) is 162 Å². The van der Waals surface area contributed by atoms with Crippen LogP contribution in [0.3, 0.4) is 0 Å². The quantitative estimate of drug-likeness (QED) is 0.178. The number of rotatable bonds is 4. The third-order valence-electron chi connectivity index (χ3n) is 14.2. The van der Waals surface area contributed by atoms with E-state index in [4.69, 9.17) is 19.4 Å². The third kappa shape index (κ3) is 4.36. The number of aromatic nitrogens is 5. The monoisotopic (exact) mass is 776 g/mol. The number of nitrogens with zero attached hydrogens (tertiary/aromatic N) is 6. The average molecular weight is 777 g/mol. The van der Waals surface area contributed by atoms with E-state index in [0.29, 0.717) is 17.7 Å². The fourth-order valence-electron chi connectivity index (χ4n) is 11.2. The smallest absolute Gasteiger partial charge is 0.240 e. The molecule has 1 fully saturated rings. The minimum Gasteiger partial charge on any atom is -0.455 e. The highest BCUT2D eigenvalue weighted by Gasteiger charge is 2.58. The van der Waals surface area contributed by atoms with Crippen LogP contribution in [0.5, 0.6) is 0 Å². The minimum absolute atomic E-state index is 0.0726. The van der Waals surface area contributed by atoms with Crippen molar-refractivity contribution in [1.29, 1.82) is 0 Å². The van der Waals surface area contributed by atoms with Crippen LogP contribution < -0.4 is 4.90 Å². The van der Waals surface area contributed by atoms with Gasteiger partial charge in [-0.2, -0.15) is 15.0 Å². The van der Waals surface area contributed by atoms with E-state index >= 15 is 0 Å². The molecular weight excluding hydrogens is 737 g/mol. The van der Waals surface area contributed by atoms with Crippen molar-refractivity contribution in [1.82, 2.24) is 24.1 Å². The molecule has 0 N–H and O–H groups in total. The van der Waals surface area contributed by atoms with Gasteiger partial charge in [-0.1, -0.05) is 129 Å². The summed E-state index contributed by atoms with van der Waals surface area (Å²) in [4.78, 5) is 19.0. The maximum absolute atomic E-state index is 6.66. The first-order valence-corrected chi connectivity index (χ1v) is 21.1. The van der Waals surface area contributed by atoms with Crippen LogP contribution in [0.4, 0.5) is 11.6 Å². The predicted molar refractivity (Wildman–Crippen MR) is 244 cm³/mol. The molecule has 7 heteroatoms. The summed E-state index contributed by atoms with van der Waals surface area (Å²) in [6.07, 6.45) is 4.49. The van der Waals surface area contributed by atoms with Crippen molar-refractivity contribution in [2.75, 3.05) is 4.90 Å². The summed E-state index contributed by atoms with van der Waals surface area (Å²) in [5, 5.41) is 6.83. The Hall–Kier alpha value is -7.25. The summed E-state index contributed by atoms with van der Waals surface area (Å²) in [6, 6.07) is 56.1. The van der Waals surface area contributed by atoms with Crippen molar-refractivity contribution in [2.45, 2.75) is 50.5 Å². The summed E-state index contributed by atoms with van der Waals surface area (Å²) >= 11 is 0. The van der Waals surface area contributed by atoms with Crippen LogP contribution in [0.2, 0.25) is 0 Å². The Morgan fingerprint density at radius 3 is 2.07 bits per heavy atom. The van der Waals surface area contributed by atoms with Gasteiger partial charge in [-0.25, -0.2) is 0 Å². The fraction of sp³-hybridized carbons (Fsp3) is 0.151. The van der Waals surface area contributed by atoms with E-state index in [1.807, 2.05) is 12.1 Å². The van der Waals surface area contributed by atoms with E-state index < -0.39 is 0 Å². The molecule has 0 radical (unpaired) electrons. The second-order valence-corrected chi connectivity index (χ2v) is 17.1. The standard InChI is InChI=1S/C53H40N6O/c1-52-31-14-15-32-53(52,2)59(43-27-12-9-24-40(43)52)51-55-49(39-23-16-22-37-35-20-8-13-28-45(35)60-48(37)39)54-50(56-51)58-42-26-11-7-21-38(42)46-44(58)30-29-36-34-19-6-10-25-41(34)57(47(36)46)33-17-4-3-5-18-33/h3-13,16-30H,14-15,31-32H2,1-2H3. The van der Waals surface area contributed by atoms with E-state index in [1.54, 1.807) is 0 Å². The molecule has 60 heavy (non-hydrogen) atoms. The molecule has 4 aromatic heterocycles. The van der Waals surface area contributed by atoms with E-state index in [2.05, 4.69) is 173 Å². The Bertz CT molecular complexity index is 3560. The van der Waals surface area contributed by atoms with Gasteiger partial charge >= 0.3 is 0 Å². The van der Waals surface area contributed by atoms with E-state index in [0.717, 1.165) is 79.8 Å². The number of furan rings is 1. The number of hydrogen-bond acceptors (Lipinski definition) is 5. The molecular formula is C53H40N6O. The largest absolute Gasteiger partial charge is 0.455 e. The first-order chi connectivity index (χ1) is 29.5. The van der Waals surface area contributed by atoms with Crippen molar-refractivity contribution in [2.24, 2.45) is 0 Å². The van der Waals surface area contributed by atoms with Crippen LogP contribution in [-0.4, -0.2) is 29.6 Å². The van der Waals surface area contributed by atoms with E-state index in [1.165, 1.54) is 34.0 Å². The lowest BCUT2D eigenvalue weighted by Crippen LogP contribution is -2.55. The van der Waals surface area contributed by atoms with Crippen LogP contribution in [-0.2, 0) is 5.41 Å². The van der Waals surface area contributed by atoms with Gasteiger partial charge in [0.1, 0.15) is 11.2 Å². The molecule has 0 bridgehead atoms. The molecule has 2 unspecified atom stereocenters. The molecule has 7 nitrogen and oxygen atoms in total. The van der Waals surface area contributed by atoms with Crippen molar-refractivity contribution in [3.05, 3.63) is 163 Å². The highest BCUT2D eigenvalue weighted by atomic mass is 16.3. The van der Waals surface area contributed by atoms with Crippen LogP contribution in [0, 0.1) is 0 Å². The Labute approximate surface area is 346 Å². The lowest BCUT2D eigenvalue weighted by Gasteiger charge is -2.49. The molecule has 288 valence electrons. The second kappa shape index (κ2) is 12.1. The maximum Gasteiger partial charge on any atom is 0.240 e. The van der Waals surface area contributed by atoms with Crippen LogP contribution in [0.1, 0.15) is 45.1 Å². The molecule has 2 aliphatic rings. The van der Waals surface area contributed by atoms with Crippen LogP contribution >= 0.6 is 0 Å². The molecule has 0 amide bonds. The van der Waals surface area contributed by atoms with Crippen LogP contribution in [0.25, 0.3) is 88.6 Å². The Balaban J connectivity index is 1.15. The van der Waals surface area contributed by atoms with Crippen molar-refractivity contribution in [3.63, 3.8) is 0 Å². The zero-order valence-electron chi connectivity index (χ0n) is 33.4. The van der Waals surface area contributed by atoms with Crippen molar-refractivity contribution >= 4 is 77.2 Å². The number of para-hydroxylation sites is 6. The van der Waals surface area contributed by atoms with Gasteiger partial charge in [0.25, 0.3) is 0 Å². The summed E-state index contributed by atoms with van der Waals surface area (Å²) in [6.45, 7) is 4.88. The predicted octanol–water partition coefficient (Wildman–Crippen LogP) is 13.4. The highest BCUT2D eigenvalue weighted by molar-refractivity contribution is 6.26. The van der Waals surface area contributed by atoms with Gasteiger partial charge in [-0.3, -0.25) is 4.57 Å². The van der Waals surface area contributed by atoms with E-state index in [9.17, 15) is 0 Å². The average Bonchev–Trinajstić information content (AvgIpc) is 4.00. The third-order valence-corrected chi connectivity index (χ3v) is 14.2. The minimum atomic E-state index is -0.250. The Morgan fingerprint density at radius 1 is 0.517 bits per heavy atom. The topological polar surface area (TPSA) is 64.9 Å². The van der Waals surface area contributed by atoms with Gasteiger partial charge in [-0.15, -0.1) is 0 Å². The zero-order valence-corrected chi connectivity index (χ0v) is 33.4. The van der Waals surface area contributed by atoms with Gasteiger partial charge < -0.3 is 13.9 Å². The molecule has 5 heterocycles. The summed E-state index contributed by atoms with van der Waals surface area (Å²) in [7, 11) is 0. The van der Waals surface area contributed by atoms with E-state index in [-0.39, 0.29) is 11.0 Å². The number of benzene rings is 7. The second-order valence-electron chi connectivity index (χ2n) is 17.1. The molecule has 0 spiro atoms. The molecule has 0 saturated heterocycles. The Morgan fingerprint density at radius 2 is 1.20 bits per heavy atom. The SMILES string of the molecule is CC12CCCCC1(C)N(c1nc(-c3cccc4c3oc3ccccc34)nc(-n3c4ccccc4c4c3ccc3c5ccccc5n(-c5ccccc5)c34)n1)c1ccccc12. The van der Waals surface area contributed by atoms with Crippen molar-refractivity contribution in [3.8, 4) is 23.0 Å². The number of fused-ring (bicyclic) bond motifs is 13. The summed E-state index contributed by atoms with van der Waals surface area (Å²) in [5.41, 5.74) is 10.2. The molecule has 1 aliphatic carbocycles. The molecule has 1 saturated carbocycles. The van der Waals surface area contributed by atoms with Crippen molar-refractivity contribution < 1.29 is 4.42 Å². The van der Waals surface area contributed by atoms with Gasteiger partial charge in [-0.05, 0) is 73.9 Å². The summed E-state index contributed by atoms with van der Waals surface area (Å²) < 4.78 is 11.3. The van der Waals surface area contributed by atoms with Gasteiger partial charge in [0, 0.05) is 49.1 Å². The highest BCUT2D eigenvalue weighted by Crippen LogP contribution is 2.60. The zero-order chi connectivity index (χ0) is 39.7. The first kappa shape index (κ1) is 33.7. The lowest BCUT2D eigenvalue weighted by molar-refractivity contribution is 0.193. The van der Waals surface area contributed by atoms with Gasteiger partial charge in [0.05, 0.1) is 33.2 Å². The first-order valence-electron chi connectivity index (χ1n) is 21.1. The molecule has 7 aromatic carbocycles. The molecule has 11 aromatic rings. The summed E-state index contributed by atoms with van der Waals surface area (Å²) in [5.74, 6) is 1.80. The van der Waals surface area contributed by atoms with Gasteiger partial charge in [0.15, 0.2) is 5.82 Å². The molecule has 13 rings (SSSR count). The fourth-order valence-corrected chi connectivity index (χ4v) is 11.2. The molecule has 2 atom stereocenters. The van der Waals surface area contributed by atoms with Gasteiger partial charge in [0.2, 0.25) is 11.9 Å².